The van der Waals surface area contributed by atoms with Crippen LogP contribution >= 0.6 is 7.92 Å². The predicted octanol–water partition coefficient (Wildman–Crippen LogP) is 7.20. The summed E-state index contributed by atoms with van der Waals surface area (Å²) < 4.78 is 2.70. The van der Waals surface area contributed by atoms with Crippen molar-refractivity contribution >= 4 is 7.92 Å². The van der Waals surface area contributed by atoms with E-state index in [0.717, 1.165) is 0 Å². The summed E-state index contributed by atoms with van der Waals surface area (Å²) in [6, 6.07) is 25.2. The molecule has 2 aromatic carbocycles. The van der Waals surface area contributed by atoms with Crippen LogP contribution in [0.1, 0.15) is 53.9 Å². The molecule has 1 aliphatic rings. The van der Waals surface area contributed by atoms with Gasteiger partial charge in [-0.1, -0.05) is 60.7 Å². The van der Waals surface area contributed by atoms with E-state index in [4.69, 9.17) is 0 Å². The Morgan fingerprint density at radius 1 is 0.833 bits per heavy atom. The lowest BCUT2D eigenvalue weighted by Gasteiger charge is -2.27. The summed E-state index contributed by atoms with van der Waals surface area (Å²) in [5, 5.41) is 0. The van der Waals surface area contributed by atoms with E-state index in [1.807, 2.05) is 0 Å². The number of fused-ring (bicyclic) bond motifs is 1. The van der Waals surface area contributed by atoms with Gasteiger partial charge in [-0.2, -0.15) is 0 Å². The van der Waals surface area contributed by atoms with Crippen molar-refractivity contribution in [3.05, 3.63) is 94.8 Å². The minimum Gasteiger partial charge on any atom is -0.346 e. The monoisotopic (exact) mass is 417 g/mol. The van der Waals surface area contributed by atoms with Gasteiger partial charge in [0.2, 0.25) is 0 Å². The minimum absolute atomic E-state index is 0.00136. The first-order valence-corrected chi connectivity index (χ1v) is 13.6. The molecular weight excluding hydrogens is 381 g/mol. The lowest BCUT2D eigenvalue weighted by molar-refractivity contribution is 0.542. The van der Waals surface area contributed by atoms with E-state index in [2.05, 4.69) is 85.1 Å². The fourth-order valence-electron chi connectivity index (χ4n) is 5.11. The van der Waals surface area contributed by atoms with Crippen molar-refractivity contribution in [1.29, 1.82) is 0 Å². The second-order valence-corrected chi connectivity index (χ2v) is 11.6. The topological polar surface area (TPSA) is 4.93 Å². The summed E-state index contributed by atoms with van der Waals surface area (Å²) >= 11 is 0. The van der Waals surface area contributed by atoms with Gasteiger partial charge in [0.15, 0.2) is 0 Å². The first-order chi connectivity index (χ1) is 14.7. The van der Waals surface area contributed by atoms with E-state index in [0.29, 0.717) is 6.04 Å². The molecule has 3 aromatic rings. The number of hydrogen-bond acceptors (Lipinski definition) is 0. The molecule has 30 heavy (non-hydrogen) atoms. The molecule has 1 aliphatic carbocycles. The van der Waals surface area contributed by atoms with Gasteiger partial charge in [0.1, 0.15) is 0 Å². The maximum Gasteiger partial charge on any atom is 0.0346 e. The first kappa shape index (κ1) is 21.4. The summed E-state index contributed by atoms with van der Waals surface area (Å²) in [5.41, 5.74) is 7.74. The molecule has 0 saturated heterocycles. The molecule has 1 unspecified atom stereocenters. The fraction of sp³-hybridized carbons (Fsp3) is 0.429. The Labute approximate surface area is 184 Å². The molecule has 1 nitrogen and oxygen atoms in total. The number of aromatic nitrogens is 1. The largest absolute Gasteiger partial charge is 0.346 e. The second kappa shape index (κ2) is 10.5. The SMILES string of the molecule is Cc1cc2c(n1C(C)CP(CCc1ccccc1)CCc1ccccc1)CCCC2. The average Bonchev–Trinajstić information content (AvgIpc) is 3.12. The van der Waals surface area contributed by atoms with E-state index in [9.17, 15) is 0 Å². The van der Waals surface area contributed by atoms with Crippen molar-refractivity contribution in [3.8, 4) is 0 Å². The Hall–Kier alpha value is -1.85. The van der Waals surface area contributed by atoms with Crippen LogP contribution in [0, 0.1) is 6.92 Å². The molecule has 0 radical (unpaired) electrons. The third-order valence-corrected chi connectivity index (χ3v) is 9.37. The number of rotatable bonds is 9. The third-order valence-electron chi connectivity index (χ3n) is 6.62. The predicted molar refractivity (Wildman–Crippen MR) is 132 cm³/mol. The maximum atomic E-state index is 2.70. The highest BCUT2D eigenvalue weighted by Crippen LogP contribution is 2.41. The summed E-state index contributed by atoms with van der Waals surface area (Å²) in [5.74, 6) is 0. The Morgan fingerprint density at radius 2 is 1.40 bits per heavy atom. The molecule has 0 saturated carbocycles. The van der Waals surface area contributed by atoms with Crippen LogP contribution in [-0.2, 0) is 25.7 Å². The van der Waals surface area contributed by atoms with Gasteiger partial charge in [0.25, 0.3) is 0 Å². The summed E-state index contributed by atoms with van der Waals surface area (Å²) in [7, 11) is 0.00136. The Bertz CT molecular complexity index is 869. The highest BCUT2D eigenvalue weighted by Gasteiger charge is 2.22. The van der Waals surface area contributed by atoms with Crippen molar-refractivity contribution in [2.24, 2.45) is 0 Å². The zero-order valence-corrected chi connectivity index (χ0v) is 19.6. The molecular formula is C28H36NP. The molecule has 0 spiro atoms. The van der Waals surface area contributed by atoms with Crippen LogP contribution in [0.5, 0.6) is 0 Å². The quantitative estimate of drug-likeness (QED) is 0.324. The first-order valence-electron chi connectivity index (χ1n) is 11.7. The van der Waals surface area contributed by atoms with Gasteiger partial charge in [-0.25, -0.2) is 0 Å². The molecule has 0 amide bonds. The van der Waals surface area contributed by atoms with E-state index < -0.39 is 0 Å². The highest BCUT2D eigenvalue weighted by atomic mass is 31.1. The summed E-state index contributed by atoms with van der Waals surface area (Å²) in [6.45, 7) is 4.80. The van der Waals surface area contributed by atoms with Crippen LogP contribution in [0.2, 0.25) is 0 Å². The molecule has 0 fully saturated rings. The molecule has 1 heterocycles. The third kappa shape index (κ3) is 5.44. The highest BCUT2D eigenvalue weighted by molar-refractivity contribution is 7.57. The van der Waals surface area contributed by atoms with Crippen molar-refractivity contribution < 1.29 is 0 Å². The van der Waals surface area contributed by atoms with Crippen LogP contribution in [-0.4, -0.2) is 23.1 Å². The number of benzene rings is 2. The summed E-state index contributed by atoms with van der Waals surface area (Å²) in [4.78, 5) is 0. The molecule has 1 aromatic heterocycles. The number of nitrogens with zero attached hydrogens (tertiary/aromatic N) is 1. The Kier molecular flexibility index (Phi) is 7.45. The second-order valence-electron chi connectivity index (χ2n) is 8.96. The Morgan fingerprint density at radius 3 is 2.00 bits per heavy atom. The smallest absolute Gasteiger partial charge is 0.0346 e. The lowest BCUT2D eigenvalue weighted by atomic mass is 9.98. The van der Waals surface area contributed by atoms with Gasteiger partial charge in [-0.15, -0.1) is 7.92 Å². The fourth-order valence-corrected chi connectivity index (χ4v) is 7.75. The van der Waals surface area contributed by atoms with Gasteiger partial charge in [-0.05, 0) is 93.6 Å². The van der Waals surface area contributed by atoms with Gasteiger partial charge < -0.3 is 4.57 Å². The molecule has 0 aliphatic heterocycles. The molecule has 158 valence electrons. The van der Waals surface area contributed by atoms with Gasteiger partial charge in [-0.3, -0.25) is 0 Å². The van der Waals surface area contributed by atoms with Crippen molar-refractivity contribution in [2.45, 2.75) is 58.4 Å². The molecule has 0 N–H and O–H groups in total. The van der Waals surface area contributed by atoms with Crippen molar-refractivity contribution in [2.75, 3.05) is 18.5 Å². The van der Waals surface area contributed by atoms with Crippen LogP contribution in [0.4, 0.5) is 0 Å². The van der Waals surface area contributed by atoms with Crippen molar-refractivity contribution in [3.63, 3.8) is 0 Å². The standard InChI is InChI=1S/C28H36NP/c1-23-21-27-15-9-10-16-28(27)29(23)24(2)22-30(19-17-25-11-5-3-6-12-25)20-18-26-13-7-4-8-14-26/h3-8,11-14,21,24H,9-10,15-20,22H2,1-2H3. The van der Waals surface area contributed by atoms with Gasteiger partial charge >= 0.3 is 0 Å². The van der Waals surface area contributed by atoms with E-state index >= 15 is 0 Å². The Balaban J connectivity index is 1.46. The van der Waals surface area contributed by atoms with E-state index in [-0.39, 0.29) is 7.92 Å². The molecule has 0 bridgehead atoms. The van der Waals surface area contributed by atoms with Crippen LogP contribution in [0.15, 0.2) is 66.7 Å². The van der Waals surface area contributed by atoms with E-state index in [1.165, 1.54) is 73.8 Å². The lowest BCUT2D eigenvalue weighted by Crippen LogP contribution is -2.17. The average molecular weight is 418 g/mol. The maximum absolute atomic E-state index is 2.70. The van der Waals surface area contributed by atoms with Crippen LogP contribution in [0.3, 0.4) is 0 Å². The zero-order chi connectivity index (χ0) is 20.8. The van der Waals surface area contributed by atoms with Crippen molar-refractivity contribution in [1.82, 2.24) is 4.57 Å². The molecule has 1 atom stereocenters. The van der Waals surface area contributed by atoms with Gasteiger partial charge in [0.05, 0.1) is 0 Å². The zero-order valence-electron chi connectivity index (χ0n) is 18.7. The number of hydrogen-bond donors (Lipinski definition) is 0. The minimum atomic E-state index is 0.00136. The number of aryl methyl sites for hydroxylation is 4. The van der Waals surface area contributed by atoms with Crippen LogP contribution < -0.4 is 0 Å². The summed E-state index contributed by atoms with van der Waals surface area (Å²) in [6.07, 6.45) is 11.8. The van der Waals surface area contributed by atoms with Gasteiger partial charge in [0, 0.05) is 17.4 Å². The van der Waals surface area contributed by atoms with E-state index in [1.54, 1.807) is 11.3 Å². The molecule has 2 heteroatoms. The normalized spacial score (nSPS) is 14.6. The van der Waals surface area contributed by atoms with Crippen LogP contribution in [0.25, 0.3) is 0 Å². The molecule has 4 rings (SSSR count).